The zero-order chi connectivity index (χ0) is 20.1. The van der Waals surface area contributed by atoms with Gasteiger partial charge in [0.2, 0.25) is 6.39 Å². The fourth-order valence-electron chi connectivity index (χ4n) is 2.94. The van der Waals surface area contributed by atoms with Crippen LogP contribution in [0.15, 0.2) is 39.9 Å². The molecule has 0 saturated carbocycles. The first kappa shape index (κ1) is 17.9. The van der Waals surface area contributed by atoms with Crippen LogP contribution in [0.25, 0.3) is 22.6 Å². The van der Waals surface area contributed by atoms with Gasteiger partial charge in [-0.1, -0.05) is 12.1 Å². The molecule has 0 aliphatic heterocycles. The summed E-state index contributed by atoms with van der Waals surface area (Å²) in [5.41, 5.74) is -0.191. The Morgan fingerprint density at radius 1 is 1.21 bits per heavy atom. The lowest BCUT2D eigenvalue weighted by molar-refractivity contribution is -0.137. The Kier molecular flexibility index (Phi) is 4.02. The SMILES string of the molecule is Cc1nc2c(c(-c3nnco3)nn2C(C)c2ccc(C(F)(F)F)cc2)c(=O)[nH]1. The minimum absolute atomic E-state index is 0.0412. The molecule has 0 aliphatic rings. The van der Waals surface area contributed by atoms with Gasteiger partial charge in [0.25, 0.3) is 11.4 Å². The van der Waals surface area contributed by atoms with Gasteiger partial charge in [0, 0.05) is 0 Å². The summed E-state index contributed by atoms with van der Waals surface area (Å²) in [5.74, 6) is 0.412. The summed E-state index contributed by atoms with van der Waals surface area (Å²) in [6.07, 6.45) is -3.31. The molecule has 4 aromatic rings. The van der Waals surface area contributed by atoms with Gasteiger partial charge in [-0.15, -0.1) is 10.2 Å². The highest BCUT2D eigenvalue weighted by Gasteiger charge is 2.30. The molecule has 4 rings (SSSR count). The Bertz CT molecular complexity index is 1190. The number of halogens is 3. The summed E-state index contributed by atoms with van der Waals surface area (Å²) < 4.78 is 45.1. The van der Waals surface area contributed by atoms with Gasteiger partial charge in [-0.25, -0.2) is 9.67 Å². The zero-order valence-electron chi connectivity index (χ0n) is 14.7. The molecular weight excluding hydrogens is 377 g/mol. The number of hydrogen-bond acceptors (Lipinski definition) is 6. The molecule has 1 N–H and O–H groups in total. The lowest BCUT2D eigenvalue weighted by Gasteiger charge is -2.15. The largest absolute Gasteiger partial charge is 0.422 e. The van der Waals surface area contributed by atoms with E-state index >= 15 is 0 Å². The van der Waals surface area contributed by atoms with Gasteiger partial charge in [-0.2, -0.15) is 18.3 Å². The number of alkyl halides is 3. The van der Waals surface area contributed by atoms with E-state index in [4.69, 9.17) is 4.42 Å². The zero-order valence-corrected chi connectivity index (χ0v) is 14.7. The number of benzene rings is 1. The number of aryl methyl sites for hydroxylation is 1. The van der Waals surface area contributed by atoms with E-state index in [9.17, 15) is 18.0 Å². The smallest absolute Gasteiger partial charge is 0.416 e. The van der Waals surface area contributed by atoms with Crippen LogP contribution in [0.5, 0.6) is 0 Å². The van der Waals surface area contributed by atoms with Gasteiger partial charge in [0.15, 0.2) is 11.3 Å². The summed E-state index contributed by atoms with van der Waals surface area (Å²) in [4.78, 5) is 19.4. The Morgan fingerprint density at radius 2 is 1.93 bits per heavy atom. The van der Waals surface area contributed by atoms with Crippen molar-refractivity contribution in [3.8, 4) is 11.6 Å². The summed E-state index contributed by atoms with van der Waals surface area (Å²) in [7, 11) is 0. The van der Waals surface area contributed by atoms with Crippen LogP contribution in [0.3, 0.4) is 0 Å². The maximum atomic E-state index is 12.8. The molecule has 3 heterocycles. The second kappa shape index (κ2) is 6.29. The molecule has 1 aromatic carbocycles. The number of nitrogens with zero attached hydrogens (tertiary/aromatic N) is 5. The summed E-state index contributed by atoms with van der Waals surface area (Å²) in [6, 6.07) is 4.24. The molecule has 1 atom stereocenters. The summed E-state index contributed by atoms with van der Waals surface area (Å²) in [6.45, 7) is 3.36. The fourth-order valence-corrected chi connectivity index (χ4v) is 2.94. The topological polar surface area (TPSA) is 102 Å². The van der Waals surface area contributed by atoms with Crippen LogP contribution >= 0.6 is 0 Å². The maximum Gasteiger partial charge on any atom is 0.416 e. The van der Waals surface area contributed by atoms with Gasteiger partial charge >= 0.3 is 6.18 Å². The Labute approximate surface area is 155 Å². The van der Waals surface area contributed by atoms with Crippen molar-refractivity contribution in [2.75, 3.05) is 0 Å². The number of aromatic amines is 1. The molecule has 0 fully saturated rings. The van der Waals surface area contributed by atoms with E-state index in [1.165, 1.54) is 16.8 Å². The number of rotatable bonds is 3. The molecule has 11 heteroatoms. The number of hydrogen-bond donors (Lipinski definition) is 1. The average molecular weight is 390 g/mol. The summed E-state index contributed by atoms with van der Waals surface area (Å²) in [5, 5.41) is 11.9. The van der Waals surface area contributed by atoms with Gasteiger partial charge < -0.3 is 9.40 Å². The summed E-state index contributed by atoms with van der Waals surface area (Å²) >= 11 is 0. The van der Waals surface area contributed by atoms with Crippen molar-refractivity contribution in [1.29, 1.82) is 0 Å². The van der Waals surface area contributed by atoms with Gasteiger partial charge in [-0.05, 0) is 31.5 Å². The van der Waals surface area contributed by atoms with Crippen molar-refractivity contribution in [1.82, 2.24) is 29.9 Å². The van der Waals surface area contributed by atoms with E-state index in [1.807, 2.05) is 0 Å². The van der Waals surface area contributed by atoms with E-state index in [2.05, 4.69) is 25.3 Å². The number of fused-ring (bicyclic) bond motifs is 1. The molecular formula is C17H13F3N6O2. The Morgan fingerprint density at radius 3 is 2.54 bits per heavy atom. The first-order valence-corrected chi connectivity index (χ1v) is 8.18. The first-order chi connectivity index (χ1) is 13.3. The monoisotopic (exact) mass is 390 g/mol. The van der Waals surface area contributed by atoms with Crippen LogP contribution in [-0.4, -0.2) is 29.9 Å². The number of nitrogens with one attached hydrogen (secondary N) is 1. The van der Waals surface area contributed by atoms with Crippen LogP contribution < -0.4 is 5.56 Å². The molecule has 0 bridgehead atoms. The normalized spacial score (nSPS) is 13.2. The minimum Gasteiger partial charge on any atom is -0.422 e. The first-order valence-electron chi connectivity index (χ1n) is 8.18. The molecule has 1 unspecified atom stereocenters. The number of aromatic nitrogens is 6. The van der Waals surface area contributed by atoms with Crippen LogP contribution in [0, 0.1) is 6.92 Å². The number of H-pyrrole nitrogens is 1. The predicted molar refractivity (Wildman–Crippen MR) is 91.4 cm³/mol. The van der Waals surface area contributed by atoms with E-state index in [0.717, 1.165) is 18.5 Å². The van der Waals surface area contributed by atoms with Crippen LogP contribution in [0.4, 0.5) is 13.2 Å². The van der Waals surface area contributed by atoms with Crippen molar-refractivity contribution in [2.45, 2.75) is 26.1 Å². The standard InChI is InChI=1S/C17H13F3N6O2/c1-8(10-3-5-11(6-4-10)17(18,19)20)26-14-12(15(27)23-9(2)22-14)13(25-26)16-24-21-7-28-16/h3-8H,1-2H3,(H,22,23,27). The molecule has 8 nitrogen and oxygen atoms in total. The third-order valence-electron chi connectivity index (χ3n) is 4.33. The fraction of sp³-hybridized carbons (Fsp3) is 0.235. The highest BCUT2D eigenvalue weighted by Crippen LogP contribution is 2.32. The molecule has 0 spiro atoms. The van der Waals surface area contributed by atoms with Crippen molar-refractivity contribution < 1.29 is 17.6 Å². The lowest BCUT2D eigenvalue weighted by atomic mass is 10.1. The minimum atomic E-state index is -4.42. The van der Waals surface area contributed by atoms with E-state index in [-0.39, 0.29) is 22.6 Å². The predicted octanol–water partition coefficient (Wildman–Crippen LogP) is 3.11. The van der Waals surface area contributed by atoms with E-state index < -0.39 is 23.3 Å². The second-order valence-electron chi connectivity index (χ2n) is 6.18. The van der Waals surface area contributed by atoms with E-state index in [1.54, 1.807) is 13.8 Å². The molecule has 0 amide bonds. The average Bonchev–Trinajstić information content (AvgIpc) is 3.28. The molecule has 3 aromatic heterocycles. The second-order valence-corrected chi connectivity index (χ2v) is 6.18. The van der Waals surface area contributed by atoms with Gasteiger partial charge in [-0.3, -0.25) is 4.79 Å². The lowest BCUT2D eigenvalue weighted by Crippen LogP contribution is -2.13. The Hall–Kier alpha value is -3.50. The molecule has 0 radical (unpaired) electrons. The highest BCUT2D eigenvalue weighted by molar-refractivity contribution is 5.88. The highest BCUT2D eigenvalue weighted by atomic mass is 19.4. The van der Waals surface area contributed by atoms with Crippen LogP contribution in [-0.2, 0) is 6.18 Å². The van der Waals surface area contributed by atoms with Crippen LogP contribution in [0.1, 0.15) is 29.9 Å². The van der Waals surface area contributed by atoms with Gasteiger partial charge in [0.1, 0.15) is 11.2 Å². The third kappa shape index (κ3) is 2.94. The van der Waals surface area contributed by atoms with Crippen molar-refractivity contribution in [3.05, 3.63) is 58.0 Å². The van der Waals surface area contributed by atoms with Crippen molar-refractivity contribution >= 4 is 11.0 Å². The van der Waals surface area contributed by atoms with E-state index in [0.29, 0.717) is 11.4 Å². The molecule has 144 valence electrons. The molecule has 0 saturated heterocycles. The third-order valence-corrected chi connectivity index (χ3v) is 4.33. The van der Waals surface area contributed by atoms with Crippen molar-refractivity contribution in [3.63, 3.8) is 0 Å². The van der Waals surface area contributed by atoms with Gasteiger partial charge in [0.05, 0.1) is 11.6 Å². The van der Waals surface area contributed by atoms with Crippen molar-refractivity contribution in [2.24, 2.45) is 0 Å². The maximum absolute atomic E-state index is 12.8. The molecule has 0 aliphatic carbocycles. The van der Waals surface area contributed by atoms with Crippen LogP contribution in [0.2, 0.25) is 0 Å². The molecule has 28 heavy (non-hydrogen) atoms. The Balaban J connectivity index is 1.88. The quantitative estimate of drug-likeness (QED) is 0.577.